The van der Waals surface area contributed by atoms with Crippen LogP contribution in [0.5, 0.6) is 0 Å². The second-order valence-corrected chi connectivity index (χ2v) is 12.1. The molecule has 2 heteroatoms. The molecule has 0 saturated carbocycles. The number of hydrogen-bond acceptors (Lipinski definition) is 0. The van der Waals surface area contributed by atoms with Crippen LogP contribution in [0.3, 0.4) is 0 Å². The van der Waals surface area contributed by atoms with Gasteiger partial charge in [0.1, 0.15) is 0 Å². The summed E-state index contributed by atoms with van der Waals surface area (Å²) in [5, 5.41) is 10.5. The molecule has 0 radical (unpaired) electrons. The van der Waals surface area contributed by atoms with Crippen molar-refractivity contribution in [1.82, 2.24) is 8.80 Å². The lowest BCUT2D eigenvalue weighted by Crippen LogP contribution is -1.87. The van der Waals surface area contributed by atoms with E-state index in [9.17, 15) is 0 Å². The minimum absolute atomic E-state index is 1.24. The maximum absolute atomic E-state index is 2.52. The van der Waals surface area contributed by atoms with Gasteiger partial charge in [-0.3, -0.25) is 0 Å². The van der Waals surface area contributed by atoms with Crippen LogP contribution < -0.4 is 0 Å². The van der Waals surface area contributed by atoms with E-state index in [2.05, 4.69) is 154 Å². The van der Waals surface area contributed by atoms with Crippen molar-refractivity contribution >= 4 is 76.2 Å². The first-order chi connectivity index (χ1) is 21.9. The van der Waals surface area contributed by atoms with Crippen molar-refractivity contribution in [2.75, 3.05) is 0 Å². The molecule has 0 aliphatic carbocycles. The molecular formula is C42H24N2. The molecule has 11 aromatic rings. The van der Waals surface area contributed by atoms with Gasteiger partial charge in [0, 0.05) is 48.7 Å². The van der Waals surface area contributed by atoms with E-state index in [1.54, 1.807) is 0 Å². The van der Waals surface area contributed by atoms with Crippen molar-refractivity contribution in [3.8, 4) is 22.3 Å². The molecule has 0 amide bonds. The van der Waals surface area contributed by atoms with Gasteiger partial charge in [0.25, 0.3) is 0 Å². The van der Waals surface area contributed by atoms with E-state index in [0.29, 0.717) is 0 Å². The van der Waals surface area contributed by atoms with Crippen LogP contribution in [0.2, 0.25) is 0 Å². The minimum atomic E-state index is 1.24. The first kappa shape index (κ1) is 22.7. The molecule has 0 fully saturated rings. The summed E-state index contributed by atoms with van der Waals surface area (Å²) in [5.74, 6) is 0. The molecule has 0 spiro atoms. The highest BCUT2D eigenvalue weighted by atomic mass is 14.9. The van der Waals surface area contributed by atoms with Gasteiger partial charge in [0.05, 0.1) is 33.1 Å². The van der Waals surface area contributed by atoms with Crippen molar-refractivity contribution < 1.29 is 0 Å². The molecule has 0 aliphatic heterocycles. The zero-order valence-corrected chi connectivity index (χ0v) is 23.8. The van der Waals surface area contributed by atoms with E-state index in [1.165, 1.54) is 98.4 Å². The molecular weight excluding hydrogens is 532 g/mol. The van der Waals surface area contributed by atoms with Crippen LogP contribution >= 0.6 is 0 Å². The number of fused-ring (bicyclic) bond motifs is 12. The van der Waals surface area contributed by atoms with Crippen LogP contribution in [0.1, 0.15) is 0 Å². The summed E-state index contributed by atoms with van der Waals surface area (Å²) in [5.41, 5.74) is 12.7. The zero-order chi connectivity index (χ0) is 28.5. The quantitative estimate of drug-likeness (QED) is 0.200. The standard InChI is InChI=1S/C42H24N2/c1-2-10-25(11-3-1)26-20-23-38-35(24-26)39-29(21-22-34-28-13-4-6-18-36(28)43(38)42(34)39)31-15-9-17-33-32-16-8-14-30-27-12-5-7-19-37(27)44(40(30)32)41(31)33/h1-24H. The second kappa shape index (κ2) is 7.94. The van der Waals surface area contributed by atoms with E-state index < -0.39 is 0 Å². The molecule has 202 valence electrons. The highest BCUT2D eigenvalue weighted by Crippen LogP contribution is 2.48. The van der Waals surface area contributed by atoms with Gasteiger partial charge in [-0.2, -0.15) is 0 Å². The second-order valence-electron chi connectivity index (χ2n) is 12.1. The average Bonchev–Trinajstić information content (AvgIpc) is 3.82. The Balaban J connectivity index is 1.36. The van der Waals surface area contributed by atoms with Gasteiger partial charge >= 0.3 is 0 Å². The number of rotatable bonds is 2. The van der Waals surface area contributed by atoms with Gasteiger partial charge < -0.3 is 8.80 Å². The van der Waals surface area contributed by atoms with E-state index in [-0.39, 0.29) is 0 Å². The molecule has 11 rings (SSSR count). The van der Waals surface area contributed by atoms with Crippen molar-refractivity contribution in [1.29, 1.82) is 0 Å². The normalized spacial score (nSPS) is 12.5. The van der Waals surface area contributed by atoms with E-state index in [1.807, 2.05) is 0 Å². The maximum Gasteiger partial charge on any atom is 0.0626 e. The first-order valence-corrected chi connectivity index (χ1v) is 15.3. The summed E-state index contributed by atoms with van der Waals surface area (Å²) < 4.78 is 5.02. The molecule has 2 nitrogen and oxygen atoms in total. The van der Waals surface area contributed by atoms with Crippen LogP contribution in [0.25, 0.3) is 98.4 Å². The topological polar surface area (TPSA) is 8.82 Å². The fourth-order valence-electron chi connectivity index (χ4n) is 8.23. The van der Waals surface area contributed by atoms with Gasteiger partial charge in [-0.05, 0) is 41.0 Å². The molecule has 0 atom stereocenters. The Morgan fingerprint density at radius 3 is 1.68 bits per heavy atom. The summed E-state index contributed by atoms with van der Waals surface area (Å²) >= 11 is 0. The molecule has 0 aliphatic rings. The van der Waals surface area contributed by atoms with Gasteiger partial charge in [-0.15, -0.1) is 0 Å². The lowest BCUT2D eigenvalue weighted by Gasteiger charge is -2.10. The monoisotopic (exact) mass is 556 g/mol. The van der Waals surface area contributed by atoms with E-state index in [4.69, 9.17) is 0 Å². The third-order valence-electron chi connectivity index (χ3n) is 9.99. The molecule has 44 heavy (non-hydrogen) atoms. The van der Waals surface area contributed by atoms with Crippen molar-refractivity contribution in [2.24, 2.45) is 0 Å². The van der Waals surface area contributed by atoms with E-state index >= 15 is 0 Å². The Kier molecular flexibility index (Phi) is 4.10. The smallest absolute Gasteiger partial charge is 0.0626 e. The fourth-order valence-corrected chi connectivity index (χ4v) is 8.23. The Hall–Kier alpha value is -5.86. The summed E-state index contributed by atoms with van der Waals surface area (Å²) in [6, 6.07) is 53.8. The molecule has 7 aromatic carbocycles. The predicted octanol–water partition coefficient (Wildman–Crippen LogP) is 11.3. The largest absolute Gasteiger partial charge is 0.308 e. The van der Waals surface area contributed by atoms with Gasteiger partial charge in [-0.25, -0.2) is 0 Å². The van der Waals surface area contributed by atoms with Gasteiger partial charge in [0.15, 0.2) is 0 Å². The van der Waals surface area contributed by atoms with Crippen LogP contribution in [-0.4, -0.2) is 8.80 Å². The van der Waals surface area contributed by atoms with Gasteiger partial charge in [-0.1, -0.05) is 121 Å². The molecule has 0 N–H and O–H groups in total. The third-order valence-corrected chi connectivity index (χ3v) is 9.99. The first-order valence-electron chi connectivity index (χ1n) is 15.3. The summed E-state index contributed by atoms with van der Waals surface area (Å²) in [4.78, 5) is 0. The SMILES string of the molecule is c1ccc(-c2ccc3c(c2)c2c(-c4cccc5c6cccc7c8ccccc8n(c45)c76)ccc4c5ccccc5n3c42)cc1. The zero-order valence-electron chi connectivity index (χ0n) is 23.8. The van der Waals surface area contributed by atoms with Crippen molar-refractivity contribution in [3.05, 3.63) is 146 Å². The lowest BCUT2D eigenvalue weighted by molar-refractivity contribution is 1.37. The highest BCUT2D eigenvalue weighted by Gasteiger charge is 2.24. The van der Waals surface area contributed by atoms with Crippen molar-refractivity contribution in [3.63, 3.8) is 0 Å². The summed E-state index contributed by atoms with van der Waals surface area (Å²) in [6.07, 6.45) is 0. The predicted molar refractivity (Wildman–Crippen MR) is 187 cm³/mol. The Labute approximate surface area is 252 Å². The van der Waals surface area contributed by atoms with Crippen LogP contribution in [0.4, 0.5) is 0 Å². The number of nitrogens with zero attached hydrogens (tertiary/aromatic N) is 2. The third kappa shape index (κ3) is 2.63. The molecule has 0 bridgehead atoms. The van der Waals surface area contributed by atoms with Crippen LogP contribution in [0.15, 0.2) is 146 Å². The number of hydrogen-bond donors (Lipinski definition) is 0. The van der Waals surface area contributed by atoms with Crippen LogP contribution in [-0.2, 0) is 0 Å². The molecule has 0 saturated heterocycles. The maximum atomic E-state index is 2.52. The van der Waals surface area contributed by atoms with Crippen LogP contribution in [0, 0.1) is 0 Å². The molecule has 4 heterocycles. The Morgan fingerprint density at radius 1 is 0.295 bits per heavy atom. The molecule has 0 unspecified atom stereocenters. The number of aromatic nitrogens is 2. The van der Waals surface area contributed by atoms with E-state index in [0.717, 1.165) is 0 Å². The minimum Gasteiger partial charge on any atom is -0.308 e. The number of para-hydroxylation sites is 4. The fraction of sp³-hybridized carbons (Fsp3) is 0. The van der Waals surface area contributed by atoms with Crippen molar-refractivity contribution in [2.45, 2.75) is 0 Å². The lowest BCUT2D eigenvalue weighted by atomic mass is 9.94. The number of benzene rings is 7. The Bertz CT molecular complexity index is 2920. The van der Waals surface area contributed by atoms with Gasteiger partial charge in [0.2, 0.25) is 0 Å². The highest BCUT2D eigenvalue weighted by molar-refractivity contribution is 6.30. The summed E-state index contributed by atoms with van der Waals surface area (Å²) in [6.45, 7) is 0. The average molecular weight is 557 g/mol. The molecule has 4 aromatic heterocycles. The Morgan fingerprint density at radius 2 is 0.886 bits per heavy atom. The summed E-state index contributed by atoms with van der Waals surface area (Å²) in [7, 11) is 0.